The van der Waals surface area contributed by atoms with Crippen LogP contribution in [-0.4, -0.2) is 15.8 Å². The Balaban J connectivity index is 2.23. The molecule has 0 aliphatic heterocycles. The summed E-state index contributed by atoms with van der Waals surface area (Å²) in [6, 6.07) is 5.71. The van der Waals surface area contributed by atoms with E-state index in [1.165, 1.54) is 0 Å². The number of hydrogen-bond acceptors (Lipinski definition) is 2. The van der Waals surface area contributed by atoms with Crippen molar-refractivity contribution in [2.24, 2.45) is 0 Å². The van der Waals surface area contributed by atoms with Crippen LogP contribution in [0.4, 0.5) is 0 Å². The molecule has 1 aromatic carbocycles. The highest BCUT2D eigenvalue weighted by molar-refractivity contribution is 9.10. The zero-order valence-corrected chi connectivity index (χ0v) is 10.6. The van der Waals surface area contributed by atoms with E-state index in [4.69, 9.17) is 11.6 Å². The maximum absolute atomic E-state index is 10.5. The average molecular weight is 300 g/mol. The molecule has 3 nitrogen and oxygen atoms in total. The van der Waals surface area contributed by atoms with Crippen molar-refractivity contribution in [3.63, 3.8) is 0 Å². The van der Waals surface area contributed by atoms with Gasteiger partial charge < -0.3 is 4.57 Å². The number of benzene rings is 1. The first-order valence-electron chi connectivity index (χ1n) is 4.60. The zero-order valence-electron chi connectivity index (χ0n) is 8.23. The van der Waals surface area contributed by atoms with Crippen molar-refractivity contribution in [3.05, 3.63) is 51.5 Å². The van der Waals surface area contributed by atoms with Gasteiger partial charge in [-0.05, 0) is 17.7 Å². The van der Waals surface area contributed by atoms with E-state index >= 15 is 0 Å². The molecule has 0 amide bonds. The second-order valence-electron chi connectivity index (χ2n) is 3.32. The lowest BCUT2D eigenvalue weighted by Gasteiger charge is -2.05. The Morgan fingerprint density at radius 2 is 2.31 bits per heavy atom. The molecule has 82 valence electrons. The molecule has 0 saturated carbocycles. The van der Waals surface area contributed by atoms with Gasteiger partial charge in [-0.3, -0.25) is 4.79 Å². The molecule has 1 heterocycles. The molecule has 1 aromatic heterocycles. The fourth-order valence-electron chi connectivity index (χ4n) is 1.37. The Hall–Kier alpha value is -1.13. The van der Waals surface area contributed by atoms with Crippen LogP contribution in [0.1, 0.15) is 16.1 Å². The van der Waals surface area contributed by atoms with E-state index in [2.05, 4.69) is 20.9 Å². The fraction of sp³-hybridized carbons (Fsp3) is 0.0909. The summed E-state index contributed by atoms with van der Waals surface area (Å²) in [5.74, 6) is 0. The number of carbonyl (C=O) groups excluding carboxylic acids is 1. The van der Waals surface area contributed by atoms with Gasteiger partial charge in [-0.25, -0.2) is 4.98 Å². The third-order valence-electron chi connectivity index (χ3n) is 2.14. The van der Waals surface area contributed by atoms with E-state index in [1.54, 1.807) is 12.5 Å². The van der Waals surface area contributed by atoms with Gasteiger partial charge in [0.2, 0.25) is 0 Å². The predicted molar refractivity (Wildman–Crippen MR) is 65.9 cm³/mol. The first-order chi connectivity index (χ1) is 7.69. The van der Waals surface area contributed by atoms with Crippen molar-refractivity contribution >= 4 is 33.8 Å². The Kier molecular flexibility index (Phi) is 3.41. The van der Waals surface area contributed by atoms with E-state index in [0.29, 0.717) is 17.3 Å². The van der Waals surface area contributed by atoms with Crippen molar-refractivity contribution < 1.29 is 4.79 Å². The lowest BCUT2D eigenvalue weighted by molar-refractivity contribution is 0.111. The number of hydrogen-bond donors (Lipinski definition) is 0. The maximum Gasteiger partial charge on any atom is 0.169 e. The molecule has 2 aromatic rings. The van der Waals surface area contributed by atoms with Crippen LogP contribution < -0.4 is 0 Å². The topological polar surface area (TPSA) is 34.9 Å². The van der Waals surface area contributed by atoms with E-state index in [1.807, 2.05) is 22.8 Å². The molecule has 0 spiro atoms. The van der Waals surface area contributed by atoms with Crippen molar-refractivity contribution in [1.82, 2.24) is 9.55 Å². The summed E-state index contributed by atoms with van der Waals surface area (Å²) in [6.45, 7) is 0.604. The van der Waals surface area contributed by atoms with Gasteiger partial charge >= 0.3 is 0 Å². The standard InChI is InChI=1S/C11H8BrClN2O/c12-9-2-1-8(11(13)3-9)4-15-5-10(6-16)14-7-15/h1-3,5-7H,4H2. The molecule has 5 heteroatoms. The summed E-state index contributed by atoms with van der Waals surface area (Å²) in [5.41, 5.74) is 1.41. The molecule has 0 unspecified atom stereocenters. The highest BCUT2D eigenvalue weighted by Gasteiger charge is 2.03. The number of carbonyl (C=O) groups is 1. The molecule has 0 fully saturated rings. The molecule has 0 radical (unpaired) electrons. The third-order valence-corrected chi connectivity index (χ3v) is 2.99. The molecular formula is C11H8BrClN2O. The Morgan fingerprint density at radius 3 is 2.94 bits per heavy atom. The number of aromatic nitrogens is 2. The van der Waals surface area contributed by atoms with Gasteiger partial charge in [0.15, 0.2) is 6.29 Å². The Labute approximate surface area is 106 Å². The molecule has 0 atom stereocenters. The number of rotatable bonds is 3. The second kappa shape index (κ2) is 4.80. The van der Waals surface area contributed by atoms with Gasteiger partial charge in [0.1, 0.15) is 5.69 Å². The summed E-state index contributed by atoms with van der Waals surface area (Å²) in [7, 11) is 0. The Morgan fingerprint density at radius 1 is 1.50 bits per heavy atom. The highest BCUT2D eigenvalue weighted by atomic mass is 79.9. The minimum Gasteiger partial charge on any atom is -0.332 e. The van der Waals surface area contributed by atoms with Gasteiger partial charge in [0, 0.05) is 22.2 Å². The minimum atomic E-state index is 0.424. The molecule has 0 N–H and O–H groups in total. The predicted octanol–water partition coefficient (Wildman–Crippen LogP) is 3.16. The van der Waals surface area contributed by atoms with Crippen LogP contribution in [0.25, 0.3) is 0 Å². The average Bonchev–Trinajstić information content (AvgIpc) is 2.70. The molecule has 0 bridgehead atoms. The number of imidazole rings is 1. The van der Waals surface area contributed by atoms with Gasteiger partial charge in [-0.15, -0.1) is 0 Å². The van der Waals surface area contributed by atoms with Crippen LogP contribution >= 0.6 is 27.5 Å². The first-order valence-corrected chi connectivity index (χ1v) is 5.77. The molecule has 0 saturated heterocycles. The van der Waals surface area contributed by atoms with Gasteiger partial charge in [-0.2, -0.15) is 0 Å². The van der Waals surface area contributed by atoms with Crippen LogP contribution in [0.2, 0.25) is 5.02 Å². The van der Waals surface area contributed by atoms with Crippen molar-refractivity contribution in [2.45, 2.75) is 6.54 Å². The molecule has 0 aliphatic carbocycles. The van der Waals surface area contributed by atoms with Gasteiger partial charge in [0.25, 0.3) is 0 Å². The van der Waals surface area contributed by atoms with E-state index in [-0.39, 0.29) is 0 Å². The largest absolute Gasteiger partial charge is 0.332 e. The lowest BCUT2D eigenvalue weighted by Crippen LogP contribution is -1.97. The van der Waals surface area contributed by atoms with Crippen LogP contribution in [0.3, 0.4) is 0 Å². The summed E-state index contributed by atoms with van der Waals surface area (Å²) < 4.78 is 2.76. The molecule has 16 heavy (non-hydrogen) atoms. The summed E-state index contributed by atoms with van der Waals surface area (Å²) >= 11 is 9.43. The summed E-state index contributed by atoms with van der Waals surface area (Å²) in [5, 5.41) is 0.690. The smallest absolute Gasteiger partial charge is 0.169 e. The summed E-state index contributed by atoms with van der Waals surface area (Å²) in [4.78, 5) is 14.4. The first kappa shape index (κ1) is 11.4. The van der Waals surface area contributed by atoms with Gasteiger partial charge in [-0.1, -0.05) is 33.6 Å². The molecule has 2 rings (SSSR count). The molecule has 0 aliphatic rings. The minimum absolute atomic E-state index is 0.424. The monoisotopic (exact) mass is 298 g/mol. The Bertz CT molecular complexity index is 524. The van der Waals surface area contributed by atoms with Crippen LogP contribution in [0, 0.1) is 0 Å². The highest BCUT2D eigenvalue weighted by Crippen LogP contribution is 2.22. The quantitative estimate of drug-likeness (QED) is 0.816. The van der Waals surface area contributed by atoms with E-state index < -0.39 is 0 Å². The van der Waals surface area contributed by atoms with E-state index in [9.17, 15) is 4.79 Å². The zero-order chi connectivity index (χ0) is 11.5. The number of aldehydes is 1. The maximum atomic E-state index is 10.5. The van der Waals surface area contributed by atoms with Gasteiger partial charge in [0.05, 0.1) is 6.33 Å². The number of nitrogens with zero attached hydrogens (tertiary/aromatic N) is 2. The van der Waals surface area contributed by atoms with E-state index in [0.717, 1.165) is 16.3 Å². The third kappa shape index (κ3) is 2.51. The SMILES string of the molecule is O=Cc1cn(Cc2ccc(Br)cc2Cl)cn1. The number of halogens is 2. The van der Waals surface area contributed by atoms with Crippen molar-refractivity contribution in [2.75, 3.05) is 0 Å². The normalized spacial score (nSPS) is 10.4. The van der Waals surface area contributed by atoms with Crippen LogP contribution in [0.5, 0.6) is 0 Å². The lowest BCUT2D eigenvalue weighted by atomic mass is 10.2. The fourth-order valence-corrected chi connectivity index (χ4v) is 2.10. The van der Waals surface area contributed by atoms with Crippen LogP contribution in [0.15, 0.2) is 35.2 Å². The molecular weight excluding hydrogens is 291 g/mol. The van der Waals surface area contributed by atoms with Crippen molar-refractivity contribution in [1.29, 1.82) is 0 Å². The summed E-state index contributed by atoms with van der Waals surface area (Å²) in [6.07, 6.45) is 4.02. The van der Waals surface area contributed by atoms with Crippen molar-refractivity contribution in [3.8, 4) is 0 Å². The second-order valence-corrected chi connectivity index (χ2v) is 4.65. The van der Waals surface area contributed by atoms with Crippen LogP contribution in [-0.2, 0) is 6.54 Å².